The lowest BCUT2D eigenvalue weighted by molar-refractivity contribution is 0.173. The van der Waals surface area contributed by atoms with Crippen LogP contribution in [0.1, 0.15) is 17.2 Å². The molecule has 14 heavy (non-hydrogen) atoms. The van der Waals surface area contributed by atoms with E-state index in [9.17, 15) is 5.11 Å². The van der Waals surface area contributed by atoms with Gasteiger partial charge in [-0.05, 0) is 30.2 Å². The minimum atomic E-state index is -0.496. The van der Waals surface area contributed by atoms with E-state index in [2.05, 4.69) is 15.9 Å². The van der Waals surface area contributed by atoms with Crippen LogP contribution >= 0.6 is 15.9 Å². The number of aryl methyl sites for hydroxylation is 1. The monoisotopic (exact) mass is 258 g/mol. The maximum absolute atomic E-state index is 9.70. The van der Waals surface area contributed by atoms with Gasteiger partial charge in [-0.25, -0.2) is 0 Å². The molecule has 0 bridgehead atoms. The fourth-order valence-electron chi connectivity index (χ4n) is 1.50. The molecule has 0 radical (unpaired) electrons. The number of alkyl halides is 1. The Kier molecular flexibility index (Phi) is 2.65. The zero-order valence-corrected chi connectivity index (χ0v) is 9.37. The summed E-state index contributed by atoms with van der Waals surface area (Å²) in [6.45, 7) is 2.21. The molecule has 1 aliphatic heterocycles. The molecule has 0 amide bonds. The van der Waals surface area contributed by atoms with Crippen molar-refractivity contribution in [2.45, 2.75) is 13.0 Å². The van der Waals surface area contributed by atoms with Gasteiger partial charge in [-0.15, -0.1) is 0 Å². The molecule has 1 atom stereocenters. The Hall–Kier alpha value is -0.740. The van der Waals surface area contributed by atoms with Crippen molar-refractivity contribution in [1.29, 1.82) is 0 Å². The standard InChI is InChI=1S/C10H11BrO3/c1-6-2-9-10(14-5-13-9)3-7(6)8(12)4-11/h2-3,8,12H,4-5H2,1H3. The van der Waals surface area contributed by atoms with Crippen LogP contribution in [0.5, 0.6) is 11.5 Å². The molecular weight excluding hydrogens is 248 g/mol. The van der Waals surface area contributed by atoms with Gasteiger partial charge in [0.15, 0.2) is 11.5 Å². The van der Waals surface area contributed by atoms with E-state index in [1.54, 1.807) is 0 Å². The molecule has 1 heterocycles. The van der Waals surface area contributed by atoms with Crippen LogP contribution < -0.4 is 9.47 Å². The molecule has 0 aromatic heterocycles. The van der Waals surface area contributed by atoms with Crippen molar-refractivity contribution >= 4 is 15.9 Å². The zero-order chi connectivity index (χ0) is 10.1. The van der Waals surface area contributed by atoms with Gasteiger partial charge in [0.25, 0.3) is 0 Å². The van der Waals surface area contributed by atoms with Crippen LogP contribution in [0.4, 0.5) is 0 Å². The lowest BCUT2D eigenvalue weighted by Crippen LogP contribution is -2.00. The first-order chi connectivity index (χ1) is 6.72. The van der Waals surface area contributed by atoms with E-state index in [1.165, 1.54) is 0 Å². The predicted octanol–water partition coefficient (Wildman–Crippen LogP) is 2.15. The fourth-order valence-corrected chi connectivity index (χ4v) is 1.85. The molecule has 0 aliphatic carbocycles. The molecular formula is C10H11BrO3. The van der Waals surface area contributed by atoms with Gasteiger partial charge in [-0.3, -0.25) is 0 Å². The van der Waals surface area contributed by atoms with Crippen molar-refractivity contribution < 1.29 is 14.6 Å². The molecule has 0 spiro atoms. The zero-order valence-electron chi connectivity index (χ0n) is 7.79. The van der Waals surface area contributed by atoms with Crippen molar-refractivity contribution in [2.24, 2.45) is 0 Å². The number of halogens is 1. The molecule has 1 N–H and O–H groups in total. The molecule has 1 aromatic carbocycles. The Morgan fingerprint density at radius 1 is 1.43 bits per heavy atom. The highest BCUT2D eigenvalue weighted by Crippen LogP contribution is 2.36. The van der Waals surface area contributed by atoms with Crippen molar-refractivity contribution in [2.75, 3.05) is 12.1 Å². The summed E-state index contributed by atoms with van der Waals surface area (Å²) in [7, 11) is 0. The molecule has 1 unspecified atom stereocenters. The highest BCUT2D eigenvalue weighted by molar-refractivity contribution is 9.09. The number of aliphatic hydroxyl groups is 1. The second-order valence-corrected chi connectivity index (χ2v) is 3.88. The van der Waals surface area contributed by atoms with Gasteiger partial charge >= 0.3 is 0 Å². The van der Waals surface area contributed by atoms with Crippen molar-refractivity contribution in [1.82, 2.24) is 0 Å². The van der Waals surface area contributed by atoms with Gasteiger partial charge in [0.1, 0.15) is 0 Å². The average Bonchev–Trinajstić information content (AvgIpc) is 2.62. The predicted molar refractivity (Wildman–Crippen MR) is 56.1 cm³/mol. The third kappa shape index (κ3) is 1.60. The summed E-state index contributed by atoms with van der Waals surface area (Å²) in [4.78, 5) is 0. The summed E-state index contributed by atoms with van der Waals surface area (Å²) in [6.07, 6.45) is -0.496. The molecule has 76 valence electrons. The van der Waals surface area contributed by atoms with Crippen molar-refractivity contribution in [3.63, 3.8) is 0 Å². The smallest absolute Gasteiger partial charge is 0.231 e. The lowest BCUT2D eigenvalue weighted by atomic mass is 10.0. The normalized spacial score (nSPS) is 15.6. The largest absolute Gasteiger partial charge is 0.454 e. The Balaban J connectivity index is 2.42. The number of benzene rings is 1. The van der Waals surface area contributed by atoms with Gasteiger partial charge in [-0.2, -0.15) is 0 Å². The van der Waals surface area contributed by atoms with Crippen LogP contribution in [0.2, 0.25) is 0 Å². The van der Waals surface area contributed by atoms with Crippen LogP contribution in [0, 0.1) is 6.92 Å². The first kappa shape index (κ1) is 9.80. The van der Waals surface area contributed by atoms with Crippen LogP contribution in [0.25, 0.3) is 0 Å². The van der Waals surface area contributed by atoms with Gasteiger partial charge in [0, 0.05) is 5.33 Å². The Morgan fingerprint density at radius 3 is 2.71 bits per heavy atom. The summed E-state index contributed by atoms with van der Waals surface area (Å²) < 4.78 is 10.5. The van der Waals surface area contributed by atoms with Gasteiger partial charge in [-0.1, -0.05) is 15.9 Å². The molecule has 4 heteroatoms. The molecule has 2 rings (SSSR count). The number of hydrogen-bond donors (Lipinski definition) is 1. The van der Waals surface area contributed by atoms with E-state index in [-0.39, 0.29) is 6.79 Å². The Morgan fingerprint density at radius 2 is 2.07 bits per heavy atom. The van der Waals surface area contributed by atoms with E-state index in [0.717, 1.165) is 16.9 Å². The average molecular weight is 259 g/mol. The Bertz CT molecular complexity index is 351. The molecule has 3 nitrogen and oxygen atoms in total. The maximum Gasteiger partial charge on any atom is 0.231 e. The fraction of sp³-hybridized carbons (Fsp3) is 0.400. The van der Waals surface area contributed by atoms with Crippen LogP contribution in [-0.2, 0) is 0 Å². The summed E-state index contributed by atoms with van der Waals surface area (Å²) in [5.74, 6) is 1.47. The molecule has 0 saturated heterocycles. The third-order valence-corrected chi connectivity index (χ3v) is 2.88. The van der Waals surface area contributed by atoms with E-state index in [4.69, 9.17) is 9.47 Å². The second kappa shape index (κ2) is 3.79. The number of hydrogen-bond acceptors (Lipinski definition) is 3. The number of ether oxygens (including phenoxy) is 2. The Labute approximate surface area is 90.8 Å². The van der Waals surface area contributed by atoms with Crippen LogP contribution in [0.3, 0.4) is 0 Å². The maximum atomic E-state index is 9.70. The summed E-state index contributed by atoms with van der Waals surface area (Å²) in [5, 5.41) is 10.2. The number of rotatable bonds is 2. The van der Waals surface area contributed by atoms with Crippen LogP contribution in [0.15, 0.2) is 12.1 Å². The highest BCUT2D eigenvalue weighted by Gasteiger charge is 2.18. The quantitative estimate of drug-likeness (QED) is 0.827. The molecule has 1 aromatic rings. The molecule has 0 fully saturated rings. The first-order valence-corrected chi connectivity index (χ1v) is 5.48. The lowest BCUT2D eigenvalue weighted by Gasteiger charge is -2.11. The SMILES string of the molecule is Cc1cc2c(cc1C(O)CBr)OCO2. The second-order valence-electron chi connectivity index (χ2n) is 3.23. The summed E-state index contributed by atoms with van der Waals surface area (Å²) >= 11 is 3.24. The minimum absolute atomic E-state index is 0.267. The molecule has 1 aliphatic rings. The van der Waals surface area contributed by atoms with E-state index in [0.29, 0.717) is 11.1 Å². The number of aliphatic hydroxyl groups excluding tert-OH is 1. The van der Waals surface area contributed by atoms with Gasteiger partial charge in [0.2, 0.25) is 6.79 Å². The summed E-state index contributed by atoms with van der Waals surface area (Å²) in [5.41, 5.74) is 1.90. The first-order valence-electron chi connectivity index (χ1n) is 4.36. The van der Waals surface area contributed by atoms with E-state index < -0.39 is 6.10 Å². The van der Waals surface area contributed by atoms with Crippen molar-refractivity contribution in [3.8, 4) is 11.5 Å². The van der Waals surface area contributed by atoms with Crippen LogP contribution in [-0.4, -0.2) is 17.2 Å². The van der Waals surface area contributed by atoms with Gasteiger partial charge in [0.05, 0.1) is 6.10 Å². The third-order valence-electron chi connectivity index (χ3n) is 2.27. The van der Waals surface area contributed by atoms with E-state index in [1.807, 2.05) is 19.1 Å². The topological polar surface area (TPSA) is 38.7 Å². The van der Waals surface area contributed by atoms with Gasteiger partial charge < -0.3 is 14.6 Å². The highest BCUT2D eigenvalue weighted by atomic mass is 79.9. The molecule has 0 saturated carbocycles. The number of fused-ring (bicyclic) bond motifs is 1. The minimum Gasteiger partial charge on any atom is -0.454 e. The summed E-state index contributed by atoms with van der Waals surface area (Å²) in [6, 6.07) is 3.73. The van der Waals surface area contributed by atoms with E-state index >= 15 is 0 Å². The van der Waals surface area contributed by atoms with Crippen molar-refractivity contribution in [3.05, 3.63) is 23.3 Å².